The number of hydrogen-bond acceptors (Lipinski definition) is 7. The van der Waals surface area contributed by atoms with Crippen molar-refractivity contribution in [1.82, 2.24) is 20.2 Å². The summed E-state index contributed by atoms with van der Waals surface area (Å²) in [6.45, 7) is 4.41. The van der Waals surface area contributed by atoms with Gasteiger partial charge >= 0.3 is 12.1 Å². The minimum Gasteiger partial charge on any atom is -0.469 e. The fourth-order valence-electron chi connectivity index (χ4n) is 5.98. The van der Waals surface area contributed by atoms with Gasteiger partial charge in [0.25, 0.3) is 5.82 Å². The van der Waals surface area contributed by atoms with E-state index < -0.39 is 23.5 Å². The Balaban J connectivity index is 1.54. The van der Waals surface area contributed by atoms with E-state index in [1.807, 2.05) is 13.8 Å². The van der Waals surface area contributed by atoms with Crippen LogP contribution >= 0.6 is 11.8 Å². The first-order valence-electron chi connectivity index (χ1n) is 12.7. The molecule has 4 atom stereocenters. The zero-order valence-electron chi connectivity index (χ0n) is 21.6. The van der Waals surface area contributed by atoms with Crippen molar-refractivity contribution in [3.05, 3.63) is 65.2 Å². The third-order valence-corrected chi connectivity index (χ3v) is 8.61. The van der Waals surface area contributed by atoms with Gasteiger partial charge in [0.2, 0.25) is 0 Å². The molecule has 0 radical (unpaired) electrons. The van der Waals surface area contributed by atoms with E-state index in [2.05, 4.69) is 15.5 Å². The van der Waals surface area contributed by atoms with E-state index in [4.69, 9.17) is 9.47 Å². The number of ether oxygens (including phenoxy) is 2. The summed E-state index contributed by atoms with van der Waals surface area (Å²) in [6.07, 6.45) is -3.03. The Labute approximate surface area is 227 Å². The third-order valence-electron chi connectivity index (χ3n) is 7.51. The van der Waals surface area contributed by atoms with Gasteiger partial charge < -0.3 is 9.47 Å². The van der Waals surface area contributed by atoms with Crippen LogP contribution in [0.3, 0.4) is 0 Å². The third kappa shape index (κ3) is 5.28. The lowest BCUT2D eigenvalue weighted by atomic mass is 9.76. The molecule has 5 rings (SSSR count). The monoisotopic (exact) mass is 564 g/mol. The first kappa shape index (κ1) is 27.6. The van der Waals surface area contributed by atoms with Crippen LogP contribution in [0.2, 0.25) is 0 Å². The summed E-state index contributed by atoms with van der Waals surface area (Å²) < 4.78 is 66.7. The molecule has 2 aromatic carbocycles. The Bertz CT molecular complexity index is 1350. The van der Waals surface area contributed by atoms with E-state index in [0.717, 1.165) is 16.0 Å². The van der Waals surface area contributed by atoms with E-state index in [9.17, 15) is 22.4 Å². The van der Waals surface area contributed by atoms with Crippen LogP contribution in [0.15, 0.2) is 47.4 Å². The highest BCUT2D eigenvalue weighted by Crippen LogP contribution is 2.57. The predicted molar refractivity (Wildman–Crippen MR) is 135 cm³/mol. The van der Waals surface area contributed by atoms with Gasteiger partial charge in [-0.2, -0.15) is 17.9 Å². The number of rotatable bonds is 6. The number of thioether (sulfide) groups is 1. The maximum Gasteiger partial charge on any atom is 0.453 e. The normalized spacial score (nSPS) is 25.1. The molecule has 2 heterocycles. The Morgan fingerprint density at radius 2 is 1.95 bits per heavy atom. The molecular weight excluding hydrogens is 536 g/mol. The van der Waals surface area contributed by atoms with Crippen molar-refractivity contribution in [2.45, 2.75) is 66.9 Å². The van der Waals surface area contributed by atoms with Crippen LogP contribution in [0.4, 0.5) is 17.6 Å². The molecule has 1 unspecified atom stereocenters. The van der Waals surface area contributed by atoms with Gasteiger partial charge in [0, 0.05) is 22.0 Å². The lowest BCUT2D eigenvalue weighted by molar-refractivity contribution is -0.147. The molecule has 1 aliphatic heterocycles. The molecule has 1 aliphatic carbocycles. The number of halogens is 4. The van der Waals surface area contributed by atoms with E-state index in [1.54, 1.807) is 42.1 Å². The molecule has 2 aliphatic rings. The van der Waals surface area contributed by atoms with Crippen LogP contribution < -0.4 is 0 Å². The van der Waals surface area contributed by atoms with Crippen LogP contribution in [-0.2, 0) is 20.4 Å². The van der Waals surface area contributed by atoms with E-state index >= 15 is 0 Å². The van der Waals surface area contributed by atoms with Crippen LogP contribution in [0.5, 0.6) is 0 Å². The summed E-state index contributed by atoms with van der Waals surface area (Å²) in [5, 5.41) is 10.2. The second-order valence-electron chi connectivity index (χ2n) is 10.3. The molecule has 1 aromatic heterocycles. The minimum absolute atomic E-state index is 0.156. The van der Waals surface area contributed by atoms with Crippen molar-refractivity contribution in [2.24, 2.45) is 5.92 Å². The molecule has 2 fully saturated rings. The fraction of sp³-hybridized carbons (Fsp3) is 0.481. The maximum absolute atomic E-state index is 13.7. The standard InChI is InChI=1S/C27H28F4N4O3S/c1-15(2)39-22-9-8-19(35-25(27(29,30)31)32-33-34-35)12-21(22)17-13-26(38-14-17)11-10-20(24(36)37-3)23(26)16-4-6-18(28)7-5-16/h4-9,12,15,17,20,23H,10-11,13-14H2,1-3H3/t17-,20?,23-,26-/m1/s1. The van der Waals surface area contributed by atoms with Crippen molar-refractivity contribution in [3.8, 4) is 5.69 Å². The number of nitrogens with zero attached hydrogens (tertiary/aromatic N) is 4. The number of carbonyl (C=O) groups excluding carboxylic acids is 1. The average Bonchev–Trinajstić information content (AvgIpc) is 3.63. The summed E-state index contributed by atoms with van der Waals surface area (Å²) in [6, 6.07) is 11.2. The molecule has 1 saturated carbocycles. The van der Waals surface area contributed by atoms with Crippen molar-refractivity contribution < 1.29 is 31.8 Å². The SMILES string of the molecule is COC(=O)C1CC[C@@]2(C[C@@H](c3cc(-n4nnnc4C(F)(F)F)ccc3SC(C)C)CO2)[C@@H]1c1ccc(F)cc1. The lowest BCUT2D eigenvalue weighted by Crippen LogP contribution is -2.35. The van der Waals surface area contributed by atoms with Crippen LogP contribution in [0.1, 0.15) is 61.9 Å². The Morgan fingerprint density at radius 1 is 1.21 bits per heavy atom. The molecule has 7 nitrogen and oxygen atoms in total. The Morgan fingerprint density at radius 3 is 2.62 bits per heavy atom. The highest BCUT2D eigenvalue weighted by molar-refractivity contribution is 8.00. The molecular formula is C27H28F4N4O3S. The van der Waals surface area contributed by atoms with Gasteiger partial charge in [-0.15, -0.1) is 16.9 Å². The summed E-state index contributed by atoms with van der Waals surface area (Å²) in [5.74, 6) is -2.88. The van der Waals surface area contributed by atoms with Crippen molar-refractivity contribution in [3.63, 3.8) is 0 Å². The van der Waals surface area contributed by atoms with Crippen LogP contribution in [0.25, 0.3) is 5.69 Å². The first-order chi connectivity index (χ1) is 18.5. The number of benzene rings is 2. The molecule has 208 valence electrons. The number of aromatic nitrogens is 4. The molecule has 0 bridgehead atoms. The number of carbonyl (C=O) groups is 1. The quantitative estimate of drug-likeness (QED) is 0.209. The van der Waals surface area contributed by atoms with E-state index in [0.29, 0.717) is 30.6 Å². The Hall–Kier alpha value is -2.99. The summed E-state index contributed by atoms with van der Waals surface area (Å²) >= 11 is 1.61. The van der Waals surface area contributed by atoms with Gasteiger partial charge in [-0.05, 0) is 71.1 Å². The highest BCUT2D eigenvalue weighted by Gasteiger charge is 2.56. The van der Waals surface area contributed by atoms with Gasteiger partial charge in [0.05, 0.1) is 30.9 Å². The smallest absolute Gasteiger partial charge is 0.453 e. The number of esters is 1. The number of hydrogen-bond donors (Lipinski definition) is 0. The van der Waals surface area contributed by atoms with Crippen LogP contribution in [0, 0.1) is 11.7 Å². The molecule has 39 heavy (non-hydrogen) atoms. The van der Waals surface area contributed by atoms with Crippen LogP contribution in [-0.4, -0.2) is 50.7 Å². The van der Waals surface area contributed by atoms with Gasteiger partial charge in [0.1, 0.15) is 5.82 Å². The van der Waals surface area contributed by atoms with E-state index in [1.165, 1.54) is 19.2 Å². The fourth-order valence-corrected chi connectivity index (χ4v) is 6.99. The zero-order chi connectivity index (χ0) is 27.9. The highest BCUT2D eigenvalue weighted by atomic mass is 32.2. The molecule has 12 heteroatoms. The van der Waals surface area contributed by atoms with Crippen molar-refractivity contribution >= 4 is 17.7 Å². The first-order valence-corrected chi connectivity index (χ1v) is 13.5. The lowest BCUT2D eigenvalue weighted by Gasteiger charge is -2.33. The molecule has 1 saturated heterocycles. The largest absolute Gasteiger partial charge is 0.469 e. The average molecular weight is 565 g/mol. The van der Waals surface area contributed by atoms with Crippen molar-refractivity contribution in [1.29, 1.82) is 0 Å². The van der Waals surface area contributed by atoms with Gasteiger partial charge in [0.15, 0.2) is 0 Å². The number of methoxy groups -OCH3 is 1. The van der Waals surface area contributed by atoms with Gasteiger partial charge in [-0.1, -0.05) is 26.0 Å². The summed E-state index contributed by atoms with van der Waals surface area (Å²) in [5.41, 5.74) is 1.12. The number of tetrazole rings is 1. The van der Waals surface area contributed by atoms with Gasteiger partial charge in [-0.25, -0.2) is 4.39 Å². The molecule has 1 spiro atoms. The molecule has 0 N–H and O–H groups in total. The topological polar surface area (TPSA) is 79.1 Å². The second kappa shape index (κ2) is 10.5. The van der Waals surface area contributed by atoms with Gasteiger partial charge in [-0.3, -0.25) is 4.79 Å². The van der Waals surface area contributed by atoms with Crippen molar-refractivity contribution in [2.75, 3.05) is 13.7 Å². The molecule has 0 amide bonds. The Kier molecular flexibility index (Phi) is 7.45. The second-order valence-corrected chi connectivity index (χ2v) is 11.9. The maximum atomic E-state index is 13.7. The summed E-state index contributed by atoms with van der Waals surface area (Å²) in [4.78, 5) is 13.7. The molecule has 3 aromatic rings. The predicted octanol–water partition coefficient (Wildman–Crippen LogP) is 5.93. The summed E-state index contributed by atoms with van der Waals surface area (Å²) in [7, 11) is 1.35. The number of alkyl halides is 3. The minimum atomic E-state index is -4.72. The zero-order valence-corrected chi connectivity index (χ0v) is 22.4. The van der Waals surface area contributed by atoms with E-state index in [-0.39, 0.29) is 34.6 Å².